The van der Waals surface area contributed by atoms with Gasteiger partial charge < -0.3 is 39.9 Å². The van der Waals surface area contributed by atoms with Crippen LogP contribution in [0.25, 0.3) is 0 Å². The number of nitrogens with one attached hydrogen (secondary N) is 2. The average Bonchev–Trinajstić information content (AvgIpc) is 3.74. The number of aliphatic carboxylic acids is 1. The van der Waals surface area contributed by atoms with Gasteiger partial charge in [0, 0.05) is 44.6 Å². The van der Waals surface area contributed by atoms with Crippen molar-refractivity contribution >= 4 is 35.5 Å². The summed E-state index contributed by atoms with van der Waals surface area (Å²) in [5, 5.41) is 23.7. The number of carbonyl (C=O) groups excluding carboxylic acids is 4. The number of fused-ring (bicyclic) bond motifs is 1. The van der Waals surface area contributed by atoms with Gasteiger partial charge in [-0.1, -0.05) is 61.5 Å². The fourth-order valence-electron chi connectivity index (χ4n) is 7.03. The number of aromatic nitrogens is 3. The lowest BCUT2D eigenvalue weighted by Gasteiger charge is -2.42. The first-order chi connectivity index (χ1) is 28.2. The smallest absolute Gasteiger partial charge is 0.410 e. The Morgan fingerprint density at radius 2 is 1.61 bits per heavy atom. The molecule has 2 aliphatic heterocycles. The predicted octanol–water partition coefficient (Wildman–Crippen LogP) is 5.14. The number of nitrogens with zero attached hydrogens (tertiary/aromatic N) is 6. The van der Waals surface area contributed by atoms with Crippen molar-refractivity contribution in [2.75, 3.05) is 38.0 Å². The second-order valence-electron chi connectivity index (χ2n) is 15.1. The lowest BCUT2D eigenvalue weighted by Crippen LogP contribution is -2.50. The van der Waals surface area contributed by atoms with Gasteiger partial charge in [-0.25, -0.2) is 23.5 Å². The van der Waals surface area contributed by atoms with Crippen LogP contribution >= 0.6 is 0 Å². The number of carbonyl (C=O) groups is 5. The van der Waals surface area contributed by atoms with Crippen molar-refractivity contribution < 1.29 is 42.9 Å². The van der Waals surface area contributed by atoms with Gasteiger partial charge in [-0.2, -0.15) is 0 Å². The van der Waals surface area contributed by atoms with Crippen LogP contribution in [-0.4, -0.2) is 103 Å². The number of rotatable bonds is 13. The molecule has 2 aromatic carbocycles. The second-order valence-corrected chi connectivity index (χ2v) is 15.1. The molecule has 1 fully saturated rings. The Hall–Kier alpha value is -6.52. The number of hydrogen-bond acceptors (Lipinski definition) is 11. The van der Waals surface area contributed by atoms with E-state index in [0.717, 1.165) is 5.56 Å². The topological polar surface area (TPSA) is 189 Å². The van der Waals surface area contributed by atoms with Gasteiger partial charge in [-0.3, -0.25) is 9.59 Å². The molecule has 0 bridgehead atoms. The highest BCUT2D eigenvalue weighted by molar-refractivity contribution is 6.18. The summed E-state index contributed by atoms with van der Waals surface area (Å²) in [7, 11) is 0. The second kappa shape index (κ2) is 18.0. The number of hydrogen-bond donors (Lipinski definition) is 3. The molecule has 16 nitrogen and oxygen atoms in total. The summed E-state index contributed by atoms with van der Waals surface area (Å²) in [4.78, 5) is 68.4. The maximum atomic E-state index is 15.3. The van der Waals surface area contributed by atoms with Crippen molar-refractivity contribution in [2.45, 2.75) is 65.5 Å². The minimum atomic E-state index is -1.34. The van der Waals surface area contributed by atoms with E-state index in [2.05, 4.69) is 20.9 Å². The number of amides is 3. The number of Topliss-reactive ketones (excluding diaryl/α,β-unsaturated/α-hetero) is 1. The molecule has 4 atom stereocenters. The molecule has 1 aromatic heterocycles. The van der Waals surface area contributed by atoms with Gasteiger partial charge in [0.05, 0.1) is 29.4 Å². The SMILES string of the molecule is CCN1C=C(C(=O)O)C(=O)C2C=C(F)C(N3CCN(C(=O)OCc4ccc(NC(=O)C(C)n5cc(C(C)(NC(=O)OCc6ccccc6)C(C)C)nn5)cc4)CC3)=CC21. The minimum absolute atomic E-state index is 0.00776. The molecule has 1 saturated heterocycles. The number of benzene rings is 2. The molecule has 3 amide bonds. The summed E-state index contributed by atoms with van der Waals surface area (Å²) < 4.78 is 27.8. The predicted molar refractivity (Wildman–Crippen MR) is 213 cm³/mol. The van der Waals surface area contributed by atoms with E-state index >= 15 is 4.39 Å². The maximum absolute atomic E-state index is 15.3. The quantitative estimate of drug-likeness (QED) is 0.193. The number of ketones is 1. The van der Waals surface area contributed by atoms with Crippen molar-refractivity contribution in [2.24, 2.45) is 11.8 Å². The average molecular weight is 813 g/mol. The Labute approximate surface area is 341 Å². The van der Waals surface area contributed by atoms with E-state index < -0.39 is 53.3 Å². The molecule has 59 heavy (non-hydrogen) atoms. The summed E-state index contributed by atoms with van der Waals surface area (Å²) in [6, 6.07) is 14.9. The molecule has 1 aliphatic carbocycles. The number of allylic oxidation sites excluding steroid dienone is 1. The third-order valence-corrected chi connectivity index (χ3v) is 11.1. The van der Waals surface area contributed by atoms with Gasteiger partial charge in [0.25, 0.3) is 0 Å². The van der Waals surface area contributed by atoms with E-state index in [1.165, 1.54) is 21.9 Å². The molecular formula is C42H49FN8O8. The molecule has 17 heteroatoms. The van der Waals surface area contributed by atoms with E-state index in [0.29, 0.717) is 42.3 Å². The van der Waals surface area contributed by atoms with Crippen molar-refractivity contribution in [3.63, 3.8) is 0 Å². The van der Waals surface area contributed by atoms with E-state index in [-0.39, 0.29) is 43.7 Å². The first-order valence-corrected chi connectivity index (χ1v) is 19.5. The zero-order chi connectivity index (χ0) is 42.4. The highest BCUT2D eigenvalue weighted by Crippen LogP contribution is 2.35. The maximum Gasteiger partial charge on any atom is 0.410 e. The summed E-state index contributed by atoms with van der Waals surface area (Å²) in [5.74, 6) is -3.95. The highest BCUT2D eigenvalue weighted by Gasteiger charge is 2.42. The zero-order valence-corrected chi connectivity index (χ0v) is 33.6. The summed E-state index contributed by atoms with van der Waals surface area (Å²) >= 11 is 0. The van der Waals surface area contributed by atoms with Crippen LogP contribution < -0.4 is 10.6 Å². The van der Waals surface area contributed by atoms with Crippen LogP contribution in [0.3, 0.4) is 0 Å². The third kappa shape index (κ3) is 9.45. The van der Waals surface area contributed by atoms with Crippen LogP contribution in [0.2, 0.25) is 0 Å². The first-order valence-electron chi connectivity index (χ1n) is 19.5. The molecule has 4 unspecified atom stereocenters. The fourth-order valence-corrected chi connectivity index (χ4v) is 7.03. The van der Waals surface area contributed by atoms with Gasteiger partial charge in [0.2, 0.25) is 5.91 Å². The van der Waals surface area contributed by atoms with E-state index in [1.807, 2.05) is 62.9 Å². The number of alkyl carbamates (subject to hydrolysis) is 1. The van der Waals surface area contributed by atoms with E-state index in [9.17, 15) is 29.1 Å². The molecule has 3 heterocycles. The summed E-state index contributed by atoms with van der Waals surface area (Å²) in [5.41, 5.74) is 1.55. The molecule has 0 saturated carbocycles. The number of piperazine rings is 1. The normalized spacial score (nSPS) is 19.4. The highest BCUT2D eigenvalue weighted by atomic mass is 19.1. The van der Waals surface area contributed by atoms with Crippen molar-refractivity contribution in [3.8, 4) is 0 Å². The zero-order valence-electron chi connectivity index (χ0n) is 33.6. The lowest BCUT2D eigenvalue weighted by molar-refractivity contribution is -0.136. The number of carboxylic acids is 1. The molecule has 6 rings (SSSR count). The lowest BCUT2D eigenvalue weighted by atomic mass is 9.82. The van der Waals surface area contributed by atoms with Crippen LogP contribution in [0.4, 0.5) is 19.7 Å². The van der Waals surface area contributed by atoms with Crippen LogP contribution in [-0.2, 0) is 42.6 Å². The third-order valence-electron chi connectivity index (χ3n) is 11.1. The van der Waals surface area contributed by atoms with Crippen LogP contribution in [0, 0.1) is 11.8 Å². The van der Waals surface area contributed by atoms with Crippen LogP contribution in [0.5, 0.6) is 0 Å². The number of anilines is 1. The van der Waals surface area contributed by atoms with Gasteiger partial charge in [0.15, 0.2) is 5.78 Å². The Bertz CT molecular complexity index is 2150. The number of halogens is 1. The molecule has 3 N–H and O–H groups in total. The molecular weight excluding hydrogens is 764 g/mol. The van der Waals surface area contributed by atoms with Gasteiger partial charge in [-0.15, -0.1) is 5.10 Å². The Morgan fingerprint density at radius 1 is 0.949 bits per heavy atom. The Morgan fingerprint density at radius 3 is 2.25 bits per heavy atom. The number of carboxylic acid groups (broad SMARTS) is 1. The standard InChI is InChI=1S/C42H49FN8O8/c1-6-48-22-32(39(54)55)37(52)31-20-33(43)35(21-34(31)48)49-16-18-50(19-17-49)41(57)59-25-29-12-14-30(15-13-29)44-38(53)27(4)51-23-36(46-47-51)42(5,26(2)3)45-40(56)58-24-28-10-8-7-9-11-28/h7-15,20-23,26-27,31,34H,6,16-19,24-25H2,1-5H3,(H,44,53)(H,45,56)(H,54,55). The van der Waals surface area contributed by atoms with Crippen molar-refractivity contribution in [1.82, 2.24) is 35.0 Å². The molecule has 3 aromatic rings. The number of ether oxygens (including phenoxy) is 2. The molecule has 3 aliphatic rings. The first kappa shape index (κ1) is 42.1. The molecule has 0 spiro atoms. The molecule has 0 radical (unpaired) electrons. The Balaban J connectivity index is 0.968. The van der Waals surface area contributed by atoms with Crippen molar-refractivity contribution in [1.29, 1.82) is 0 Å². The van der Waals surface area contributed by atoms with E-state index in [4.69, 9.17) is 9.47 Å². The van der Waals surface area contributed by atoms with Crippen molar-refractivity contribution in [3.05, 3.63) is 113 Å². The van der Waals surface area contributed by atoms with Gasteiger partial charge in [-0.05, 0) is 62.1 Å². The van der Waals surface area contributed by atoms with Crippen LogP contribution in [0.15, 0.2) is 96.2 Å². The van der Waals surface area contributed by atoms with Gasteiger partial charge in [0.1, 0.15) is 36.3 Å². The monoisotopic (exact) mass is 812 g/mol. The number of likely N-dealkylation sites (N-methyl/N-ethyl adjacent to an activating group) is 1. The Kier molecular flexibility index (Phi) is 12.8. The summed E-state index contributed by atoms with van der Waals surface area (Å²) in [6.45, 7) is 11.0. The minimum Gasteiger partial charge on any atom is -0.478 e. The van der Waals surface area contributed by atoms with E-state index in [1.54, 1.807) is 48.4 Å². The summed E-state index contributed by atoms with van der Waals surface area (Å²) in [6.07, 6.45) is 4.69. The fraction of sp³-hybridized carbons (Fsp3) is 0.405. The largest absolute Gasteiger partial charge is 0.478 e. The van der Waals surface area contributed by atoms with Gasteiger partial charge >= 0.3 is 18.2 Å². The van der Waals surface area contributed by atoms with Crippen LogP contribution in [0.1, 0.15) is 57.5 Å². The molecule has 312 valence electrons.